The summed E-state index contributed by atoms with van der Waals surface area (Å²) in [5.41, 5.74) is 6.70. The molecular weight excluding hydrogens is 278 g/mol. The normalized spacial score (nSPS) is 13.5. The fourth-order valence-electron chi connectivity index (χ4n) is 2.46. The molecule has 1 atom stereocenters. The molecule has 1 unspecified atom stereocenters. The Morgan fingerprint density at radius 2 is 1.67 bits per heavy atom. The van der Waals surface area contributed by atoms with Crippen molar-refractivity contribution in [3.8, 4) is 0 Å². The molecule has 0 aromatic heterocycles. The fourth-order valence-corrected chi connectivity index (χ4v) is 2.90. The monoisotopic (exact) mass is 307 g/mol. The topological polar surface area (TPSA) is 35.2 Å². The van der Waals surface area contributed by atoms with Gasteiger partial charge in [0.15, 0.2) is 5.05 Å². The SMILES string of the molecule is CC(C)C(C)(OC(=S)C(CCN)c1ccccc1)C(C)C. The molecule has 2 N–H and O–H groups in total. The van der Waals surface area contributed by atoms with Gasteiger partial charge in [-0.25, -0.2) is 0 Å². The minimum atomic E-state index is -0.251. The van der Waals surface area contributed by atoms with Crippen LogP contribution in [0.1, 0.15) is 52.5 Å². The van der Waals surface area contributed by atoms with E-state index in [0.29, 0.717) is 23.4 Å². The lowest BCUT2D eigenvalue weighted by atomic mass is 9.81. The first-order valence-electron chi connectivity index (χ1n) is 7.80. The van der Waals surface area contributed by atoms with Crippen LogP contribution in [0.3, 0.4) is 0 Å². The number of hydrogen-bond donors (Lipinski definition) is 1. The van der Waals surface area contributed by atoms with Crippen molar-refractivity contribution in [1.29, 1.82) is 0 Å². The van der Waals surface area contributed by atoms with Gasteiger partial charge in [0, 0.05) is 0 Å². The van der Waals surface area contributed by atoms with E-state index < -0.39 is 0 Å². The van der Waals surface area contributed by atoms with E-state index in [2.05, 4.69) is 46.8 Å². The van der Waals surface area contributed by atoms with Gasteiger partial charge in [-0.15, -0.1) is 0 Å². The van der Waals surface area contributed by atoms with Crippen LogP contribution in [0.4, 0.5) is 0 Å². The van der Waals surface area contributed by atoms with Crippen LogP contribution in [0.25, 0.3) is 0 Å². The first-order chi connectivity index (χ1) is 9.82. The van der Waals surface area contributed by atoms with E-state index in [4.69, 9.17) is 22.7 Å². The minimum Gasteiger partial charge on any atom is -0.480 e. The highest BCUT2D eigenvalue weighted by atomic mass is 32.1. The first-order valence-corrected chi connectivity index (χ1v) is 8.21. The standard InChI is InChI=1S/C18H29NOS/c1-13(2)18(5,14(3)4)20-17(21)16(11-12-19)15-9-7-6-8-10-15/h6-10,13-14,16H,11-12,19H2,1-5H3. The van der Waals surface area contributed by atoms with Crippen LogP contribution in [0, 0.1) is 11.8 Å². The Morgan fingerprint density at radius 3 is 2.10 bits per heavy atom. The molecule has 118 valence electrons. The van der Waals surface area contributed by atoms with Crippen LogP contribution >= 0.6 is 12.2 Å². The second-order valence-corrected chi connectivity index (χ2v) is 6.86. The zero-order chi connectivity index (χ0) is 16.0. The summed E-state index contributed by atoms with van der Waals surface area (Å²) in [7, 11) is 0. The number of benzene rings is 1. The summed E-state index contributed by atoms with van der Waals surface area (Å²) in [5, 5.41) is 0.663. The molecule has 0 bridgehead atoms. The van der Waals surface area contributed by atoms with Crippen molar-refractivity contribution in [3.63, 3.8) is 0 Å². The van der Waals surface area contributed by atoms with Gasteiger partial charge >= 0.3 is 0 Å². The summed E-state index contributed by atoms with van der Waals surface area (Å²) >= 11 is 5.63. The Hall–Kier alpha value is -0.930. The molecule has 1 rings (SSSR count). The predicted octanol–water partition coefficient (Wildman–Crippen LogP) is 4.53. The third kappa shape index (κ3) is 4.52. The van der Waals surface area contributed by atoms with Gasteiger partial charge in [-0.1, -0.05) is 58.0 Å². The lowest BCUT2D eigenvalue weighted by Crippen LogP contribution is -2.43. The van der Waals surface area contributed by atoms with Gasteiger partial charge in [0.05, 0.1) is 5.92 Å². The minimum absolute atomic E-state index is 0.0861. The molecule has 0 aliphatic rings. The van der Waals surface area contributed by atoms with E-state index in [0.717, 1.165) is 6.42 Å². The van der Waals surface area contributed by atoms with Crippen molar-refractivity contribution in [3.05, 3.63) is 35.9 Å². The van der Waals surface area contributed by atoms with Crippen molar-refractivity contribution in [2.45, 2.75) is 52.6 Å². The van der Waals surface area contributed by atoms with E-state index >= 15 is 0 Å². The summed E-state index contributed by atoms with van der Waals surface area (Å²) in [6.45, 7) is 11.5. The Balaban J connectivity index is 2.97. The lowest BCUT2D eigenvalue weighted by molar-refractivity contribution is -0.0156. The van der Waals surface area contributed by atoms with E-state index in [-0.39, 0.29) is 11.5 Å². The van der Waals surface area contributed by atoms with E-state index in [1.165, 1.54) is 5.56 Å². The van der Waals surface area contributed by atoms with Gasteiger partial charge in [-0.05, 0) is 49.5 Å². The molecule has 0 saturated carbocycles. The Bertz CT molecular complexity index is 434. The number of hydrogen-bond acceptors (Lipinski definition) is 3. The van der Waals surface area contributed by atoms with Crippen molar-refractivity contribution in [2.24, 2.45) is 17.6 Å². The van der Waals surface area contributed by atoms with Crippen LogP contribution in [0.2, 0.25) is 0 Å². The third-order valence-corrected chi connectivity index (χ3v) is 4.92. The highest BCUT2D eigenvalue weighted by Gasteiger charge is 2.36. The maximum Gasteiger partial charge on any atom is 0.168 e. The van der Waals surface area contributed by atoms with Gasteiger partial charge in [0.1, 0.15) is 5.60 Å². The van der Waals surface area contributed by atoms with Crippen LogP contribution in [-0.2, 0) is 4.74 Å². The quantitative estimate of drug-likeness (QED) is 0.751. The second kappa shape index (κ2) is 7.90. The number of rotatable bonds is 7. The summed E-state index contributed by atoms with van der Waals surface area (Å²) in [5.74, 6) is 0.873. The predicted molar refractivity (Wildman–Crippen MR) is 94.6 cm³/mol. The van der Waals surface area contributed by atoms with Crippen LogP contribution in [0.15, 0.2) is 30.3 Å². The second-order valence-electron chi connectivity index (χ2n) is 6.45. The van der Waals surface area contributed by atoms with Crippen molar-refractivity contribution in [2.75, 3.05) is 6.54 Å². The molecule has 2 nitrogen and oxygen atoms in total. The molecule has 0 spiro atoms. The van der Waals surface area contributed by atoms with E-state index in [1.807, 2.05) is 18.2 Å². The maximum absolute atomic E-state index is 6.31. The van der Waals surface area contributed by atoms with Crippen molar-refractivity contribution >= 4 is 17.3 Å². The average Bonchev–Trinajstić information content (AvgIpc) is 2.44. The first kappa shape index (κ1) is 18.1. The average molecular weight is 308 g/mol. The van der Waals surface area contributed by atoms with Crippen LogP contribution in [0.5, 0.6) is 0 Å². The Morgan fingerprint density at radius 1 is 1.14 bits per heavy atom. The number of ether oxygens (including phenoxy) is 1. The smallest absolute Gasteiger partial charge is 0.168 e. The number of nitrogens with two attached hydrogens (primary N) is 1. The number of thiocarbonyl (C=S) groups is 1. The maximum atomic E-state index is 6.31. The van der Waals surface area contributed by atoms with E-state index in [9.17, 15) is 0 Å². The van der Waals surface area contributed by atoms with E-state index in [1.54, 1.807) is 0 Å². The lowest BCUT2D eigenvalue weighted by Gasteiger charge is -2.39. The fraction of sp³-hybridized carbons (Fsp3) is 0.611. The summed E-state index contributed by atoms with van der Waals surface area (Å²) < 4.78 is 6.31. The third-order valence-electron chi connectivity index (χ3n) is 4.56. The van der Waals surface area contributed by atoms with Gasteiger partial charge in [-0.2, -0.15) is 0 Å². The molecule has 1 aromatic carbocycles. The molecular formula is C18H29NOS. The highest BCUT2D eigenvalue weighted by Crippen LogP contribution is 2.33. The zero-order valence-corrected chi connectivity index (χ0v) is 14.7. The van der Waals surface area contributed by atoms with Crippen molar-refractivity contribution in [1.82, 2.24) is 0 Å². The molecule has 0 heterocycles. The molecule has 0 aliphatic heterocycles. The van der Waals surface area contributed by atoms with Crippen molar-refractivity contribution < 1.29 is 4.74 Å². The molecule has 0 saturated heterocycles. The molecule has 0 radical (unpaired) electrons. The highest BCUT2D eigenvalue weighted by molar-refractivity contribution is 7.80. The summed E-state index contributed by atoms with van der Waals surface area (Å²) in [6, 6.07) is 10.3. The molecule has 0 amide bonds. The molecule has 1 aromatic rings. The zero-order valence-electron chi connectivity index (χ0n) is 13.9. The summed E-state index contributed by atoms with van der Waals surface area (Å²) in [6.07, 6.45) is 0.815. The molecule has 0 aliphatic carbocycles. The van der Waals surface area contributed by atoms with Gasteiger partial charge < -0.3 is 10.5 Å². The summed E-state index contributed by atoms with van der Waals surface area (Å²) in [4.78, 5) is 0. The molecule has 3 heteroatoms. The van der Waals surface area contributed by atoms with Crippen LogP contribution in [-0.4, -0.2) is 17.2 Å². The van der Waals surface area contributed by atoms with Gasteiger partial charge in [0.25, 0.3) is 0 Å². The largest absolute Gasteiger partial charge is 0.480 e. The Kier molecular flexibility index (Phi) is 6.82. The van der Waals surface area contributed by atoms with Gasteiger partial charge in [-0.3, -0.25) is 0 Å². The van der Waals surface area contributed by atoms with Gasteiger partial charge in [0.2, 0.25) is 0 Å². The molecule has 0 fully saturated rings. The molecule has 21 heavy (non-hydrogen) atoms. The van der Waals surface area contributed by atoms with Crippen LogP contribution < -0.4 is 5.73 Å². The Labute approximate surface area is 135 Å².